The maximum Gasteiger partial charge on any atom is 0.335 e. The van der Waals surface area contributed by atoms with Gasteiger partial charge in [-0.1, -0.05) is 17.2 Å². The standard InChI is InChI=1S/C13H10N2O5/c16-10-5-7(14-10)6-11(17)20-15-12(18)8-3-1-2-4-9(8)13(15)19/h1-4,7H,5-6H2,(H,14,16). The molecule has 1 aromatic rings. The Morgan fingerprint density at radius 3 is 2.25 bits per heavy atom. The minimum absolute atomic E-state index is 0.0703. The molecule has 1 unspecified atom stereocenters. The van der Waals surface area contributed by atoms with Crippen LogP contribution in [0.1, 0.15) is 33.6 Å². The van der Waals surface area contributed by atoms with Gasteiger partial charge in [0.2, 0.25) is 5.91 Å². The summed E-state index contributed by atoms with van der Waals surface area (Å²) in [6, 6.07) is 5.95. The van der Waals surface area contributed by atoms with Crippen LogP contribution < -0.4 is 5.32 Å². The van der Waals surface area contributed by atoms with Gasteiger partial charge in [0, 0.05) is 12.5 Å². The number of hydrogen-bond acceptors (Lipinski definition) is 5. The lowest BCUT2D eigenvalue weighted by Gasteiger charge is -2.26. The second-order valence-corrected chi connectivity index (χ2v) is 4.59. The van der Waals surface area contributed by atoms with E-state index in [1.165, 1.54) is 12.1 Å². The molecule has 1 fully saturated rings. The summed E-state index contributed by atoms with van der Waals surface area (Å²) in [4.78, 5) is 51.0. The Labute approximate surface area is 113 Å². The summed E-state index contributed by atoms with van der Waals surface area (Å²) in [5.41, 5.74) is 0.421. The first-order chi connectivity index (χ1) is 9.56. The SMILES string of the molecule is O=C1CC(CC(=O)ON2C(=O)c3ccccc3C2=O)N1. The van der Waals surface area contributed by atoms with Crippen molar-refractivity contribution in [3.8, 4) is 0 Å². The van der Waals surface area contributed by atoms with Gasteiger partial charge >= 0.3 is 5.97 Å². The van der Waals surface area contributed by atoms with Crippen molar-refractivity contribution < 1.29 is 24.0 Å². The van der Waals surface area contributed by atoms with E-state index in [1.807, 2.05) is 0 Å². The van der Waals surface area contributed by atoms with Gasteiger partial charge in [-0.05, 0) is 12.1 Å². The van der Waals surface area contributed by atoms with Crippen molar-refractivity contribution in [2.75, 3.05) is 0 Å². The molecule has 2 heterocycles. The summed E-state index contributed by atoms with van der Waals surface area (Å²) in [6.07, 6.45) is 0.177. The van der Waals surface area contributed by atoms with Crippen LogP contribution in [0.25, 0.3) is 0 Å². The molecule has 0 radical (unpaired) electrons. The predicted molar refractivity (Wildman–Crippen MR) is 64.2 cm³/mol. The highest BCUT2D eigenvalue weighted by Gasteiger charge is 2.39. The monoisotopic (exact) mass is 274 g/mol. The van der Waals surface area contributed by atoms with Crippen molar-refractivity contribution in [3.05, 3.63) is 35.4 Å². The molecule has 3 rings (SSSR count). The number of fused-ring (bicyclic) bond motifs is 1. The molecule has 0 spiro atoms. The highest BCUT2D eigenvalue weighted by atomic mass is 16.7. The van der Waals surface area contributed by atoms with Crippen LogP contribution >= 0.6 is 0 Å². The van der Waals surface area contributed by atoms with Crippen LogP contribution in [-0.4, -0.2) is 34.8 Å². The van der Waals surface area contributed by atoms with Crippen molar-refractivity contribution in [1.82, 2.24) is 10.4 Å². The van der Waals surface area contributed by atoms with E-state index in [0.29, 0.717) is 5.06 Å². The van der Waals surface area contributed by atoms with Gasteiger partial charge in [-0.15, -0.1) is 0 Å². The number of imide groups is 1. The van der Waals surface area contributed by atoms with E-state index < -0.39 is 17.8 Å². The van der Waals surface area contributed by atoms with Gasteiger partial charge in [0.25, 0.3) is 11.8 Å². The molecule has 7 heteroatoms. The Hall–Kier alpha value is -2.70. The first-order valence-electron chi connectivity index (χ1n) is 6.04. The lowest BCUT2D eigenvalue weighted by Crippen LogP contribution is -2.50. The Morgan fingerprint density at radius 1 is 1.20 bits per heavy atom. The summed E-state index contributed by atoms with van der Waals surface area (Å²) in [6.45, 7) is 0. The first-order valence-corrected chi connectivity index (χ1v) is 6.04. The van der Waals surface area contributed by atoms with Gasteiger partial charge in [-0.25, -0.2) is 4.79 Å². The van der Waals surface area contributed by atoms with Gasteiger partial charge in [-0.3, -0.25) is 14.4 Å². The number of carbonyl (C=O) groups is 4. The molecule has 1 aromatic carbocycles. The van der Waals surface area contributed by atoms with Crippen LogP contribution in [0.15, 0.2) is 24.3 Å². The Kier molecular flexibility index (Phi) is 2.74. The van der Waals surface area contributed by atoms with Crippen LogP contribution in [0.2, 0.25) is 0 Å². The average molecular weight is 274 g/mol. The molecule has 0 bridgehead atoms. The Morgan fingerprint density at radius 2 is 1.75 bits per heavy atom. The molecule has 2 aliphatic heterocycles. The molecule has 20 heavy (non-hydrogen) atoms. The van der Waals surface area contributed by atoms with Gasteiger partial charge in [0.15, 0.2) is 0 Å². The number of hydroxylamine groups is 2. The van der Waals surface area contributed by atoms with Gasteiger partial charge < -0.3 is 10.2 Å². The van der Waals surface area contributed by atoms with E-state index in [2.05, 4.69) is 5.32 Å². The lowest BCUT2D eigenvalue weighted by molar-refractivity contribution is -0.169. The maximum atomic E-state index is 11.9. The third-order valence-electron chi connectivity index (χ3n) is 3.16. The number of carbonyl (C=O) groups excluding carboxylic acids is 4. The third kappa shape index (κ3) is 1.93. The van der Waals surface area contributed by atoms with Crippen LogP contribution in [0.5, 0.6) is 0 Å². The van der Waals surface area contributed by atoms with E-state index in [1.54, 1.807) is 12.1 Å². The second kappa shape index (κ2) is 4.44. The number of hydrogen-bond donors (Lipinski definition) is 1. The number of nitrogens with one attached hydrogen (secondary N) is 1. The minimum atomic E-state index is -0.732. The van der Waals surface area contributed by atoms with E-state index in [4.69, 9.17) is 4.84 Å². The maximum absolute atomic E-state index is 11.9. The molecule has 0 aliphatic carbocycles. The molecular formula is C13H10N2O5. The minimum Gasteiger partial charge on any atom is -0.352 e. The van der Waals surface area contributed by atoms with Crippen LogP contribution in [-0.2, 0) is 14.4 Å². The fraction of sp³-hybridized carbons (Fsp3) is 0.231. The summed E-state index contributed by atoms with van der Waals surface area (Å²) >= 11 is 0. The highest BCUT2D eigenvalue weighted by molar-refractivity contribution is 6.20. The molecular weight excluding hydrogens is 264 g/mol. The largest absolute Gasteiger partial charge is 0.352 e. The lowest BCUT2D eigenvalue weighted by atomic mass is 10.0. The summed E-state index contributed by atoms with van der Waals surface area (Å²) < 4.78 is 0. The van der Waals surface area contributed by atoms with Crippen molar-refractivity contribution in [2.45, 2.75) is 18.9 Å². The molecule has 0 aromatic heterocycles. The molecule has 7 nitrogen and oxygen atoms in total. The molecule has 3 amide bonds. The molecule has 102 valence electrons. The van der Waals surface area contributed by atoms with Crippen molar-refractivity contribution in [1.29, 1.82) is 0 Å². The van der Waals surface area contributed by atoms with Gasteiger partial charge in [-0.2, -0.15) is 0 Å². The molecule has 1 N–H and O–H groups in total. The highest BCUT2D eigenvalue weighted by Crippen LogP contribution is 2.23. The van der Waals surface area contributed by atoms with Gasteiger partial charge in [0.1, 0.15) is 0 Å². The zero-order valence-corrected chi connectivity index (χ0v) is 10.3. The van der Waals surface area contributed by atoms with E-state index in [0.717, 1.165) is 0 Å². The average Bonchev–Trinajstić information content (AvgIpc) is 2.63. The molecule has 1 atom stereocenters. The Balaban J connectivity index is 1.67. The fourth-order valence-corrected chi connectivity index (χ4v) is 2.14. The zero-order chi connectivity index (χ0) is 14.3. The number of benzene rings is 1. The molecule has 1 saturated heterocycles. The summed E-state index contributed by atoms with van der Waals surface area (Å²) in [5, 5.41) is 2.98. The normalized spacial score (nSPS) is 20.3. The quantitative estimate of drug-likeness (QED) is 0.619. The van der Waals surface area contributed by atoms with Crippen LogP contribution in [0, 0.1) is 0 Å². The molecule has 0 saturated carbocycles. The Bertz CT molecular complexity index is 596. The number of β-lactam (4-membered cyclic amide) rings is 1. The van der Waals surface area contributed by atoms with E-state index >= 15 is 0 Å². The van der Waals surface area contributed by atoms with E-state index in [9.17, 15) is 19.2 Å². The predicted octanol–water partition coefficient (Wildman–Crippen LogP) is 0.0194. The number of nitrogens with zero attached hydrogens (tertiary/aromatic N) is 1. The van der Waals surface area contributed by atoms with E-state index in [-0.39, 0.29) is 35.9 Å². The number of rotatable bonds is 3. The summed E-state index contributed by atoms with van der Waals surface area (Å²) in [5.74, 6) is -2.18. The van der Waals surface area contributed by atoms with Gasteiger partial charge in [0.05, 0.1) is 17.5 Å². The molecule has 2 aliphatic rings. The topological polar surface area (TPSA) is 92.8 Å². The zero-order valence-electron chi connectivity index (χ0n) is 10.3. The first kappa shape index (κ1) is 12.3. The third-order valence-corrected chi connectivity index (χ3v) is 3.16. The van der Waals surface area contributed by atoms with Crippen molar-refractivity contribution >= 4 is 23.7 Å². The number of amides is 3. The fourth-order valence-electron chi connectivity index (χ4n) is 2.14. The smallest absolute Gasteiger partial charge is 0.335 e. The van der Waals surface area contributed by atoms with Crippen molar-refractivity contribution in [3.63, 3.8) is 0 Å². The van der Waals surface area contributed by atoms with Crippen LogP contribution in [0.4, 0.5) is 0 Å². The second-order valence-electron chi connectivity index (χ2n) is 4.59. The van der Waals surface area contributed by atoms with Crippen molar-refractivity contribution in [2.24, 2.45) is 0 Å². The summed E-state index contributed by atoms with van der Waals surface area (Å²) in [7, 11) is 0. The van der Waals surface area contributed by atoms with Crippen LogP contribution in [0.3, 0.4) is 0 Å².